The van der Waals surface area contributed by atoms with Gasteiger partial charge in [-0.1, -0.05) is 58.5 Å². The zero-order chi connectivity index (χ0) is 20.0. The standard InChI is InChI=1S/C24H27NO2/c1-15-13-20-21(24(5,6)12-11-23(20,3)4)14-19(15)16(2)17-7-9-18(10-8-17)22(26)25-27/h7-10,13-14H,2,11-12H2,1,3-6H3. The van der Waals surface area contributed by atoms with Gasteiger partial charge in [0.2, 0.25) is 0 Å². The van der Waals surface area contributed by atoms with Crippen molar-refractivity contribution < 1.29 is 4.79 Å². The first-order chi connectivity index (χ1) is 12.6. The first-order valence-electron chi connectivity index (χ1n) is 9.40. The number of rotatable bonds is 3. The van der Waals surface area contributed by atoms with E-state index in [9.17, 15) is 9.70 Å². The van der Waals surface area contributed by atoms with Crippen LogP contribution in [0.3, 0.4) is 0 Å². The van der Waals surface area contributed by atoms with Crippen LogP contribution in [0.25, 0.3) is 5.57 Å². The molecular formula is C24H27NO2. The average molecular weight is 361 g/mol. The molecule has 0 heterocycles. The molecule has 0 fully saturated rings. The molecule has 0 saturated heterocycles. The molecule has 0 spiro atoms. The summed E-state index contributed by atoms with van der Waals surface area (Å²) >= 11 is 0. The molecule has 27 heavy (non-hydrogen) atoms. The number of amides is 1. The molecule has 0 radical (unpaired) electrons. The average Bonchev–Trinajstić information content (AvgIpc) is 2.64. The molecule has 1 amide bonds. The first kappa shape index (κ1) is 19.2. The maximum atomic E-state index is 11.4. The number of fused-ring (bicyclic) bond motifs is 1. The molecule has 2 aromatic carbocycles. The highest BCUT2D eigenvalue weighted by atomic mass is 16.3. The minimum Gasteiger partial charge on any atom is -0.263 e. The normalized spacial score (nSPS) is 17.1. The lowest BCUT2D eigenvalue weighted by Gasteiger charge is -2.42. The lowest BCUT2D eigenvalue weighted by Crippen LogP contribution is -2.34. The van der Waals surface area contributed by atoms with Gasteiger partial charge in [0.25, 0.3) is 0 Å². The number of nitroso groups, excluding NO2 is 1. The number of carbonyl (C=O) groups excluding carboxylic acids is 1. The van der Waals surface area contributed by atoms with Crippen LogP contribution in [0.1, 0.15) is 78.7 Å². The maximum Gasteiger partial charge on any atom is 0.316 e. The Bertz CT molecular complexity index is 934. The van der Waals surface area contributed by atoms with Gasteiger partial charge in [0.05, 0.1) is 0 Å². The zero-order valence-corrected chi connectivity index (χ0v) is 16.8. The summed E-state index contributed by atoms with van der Waals surface area (Å²) in [5.41, 5.74) is 7.65. The van der Waals surface area contributed by atoms with E-state index in [4.69, 9.17) is 0 Å². The lowest BCUT2D eigenvalue weighted by molar-refractivity contribution is 0.100. The van der Waals surface area contributed by atoms with Gasteiger partial charge in [0.1, 0.15) is 0 Å². The van der Waals surface area contributed by atoms with Crippen molar-refractivity contribution in [3.63, 3.8) is 0 Å². The van der Waals surface area contributed by atoms with Crippen molar-refractivity contribution in [1.29, 1.82) is 0 Å². The largest absolute Gasteiger partial charge is 0.316 e. The number of nitrogens with zero attached hydrogens (tertiary/aromatic N) is 1. The second-order valence-electron chi connectivity index (χ2n) is 8.93. The van der Waals surface area contributed by atoms with Gasteiger partial charge < -0.3 is 0 Å². The van der Waals surface area contributed by atoms with Crippen molar-refractivity contribution in [2.24, 2.45) is 5.18 Å². The highest BCUT2D eigenvalue weighted by Gasteiger charge is 2.37. The molecule has 0 N–H and O–H groups in total. The maximum absolute atomic E-state index is 11.4. The van der Waals surface area contributed by atoms with Gasteiger partial charge in [-0.3, -0.25) is 4.79 Å². The highest BCUT2D eigenvalue weighted by Crippen LogP contribution is 2.47. The summed E-state index contributed by atoms with van der Waals surface area (Å²) in [5.74, 6) is -0.749. The van der Waals surface area contributed by atoms with Crippen molar-refractivity contribution in [2.45, 2.75) is 58.3 Å². The van der Waals surface area contributed by atoms with Gasteiger partial charge in [0, 0.05) is 10.7 Å². The monoisotopic (exact) mass is 361 g/mol. The molecule has 0 aliphatic heterocycles. The fraction of sp³-hybridized carbons (Fsp3) is 0.375. The molecule has 2 aromatic rings. The fourth-order valence-corrected chi connectivity index (χ4v) is 4.07. The first-order valence-corrected chi connectivity index (χ1v) is 9.40. The molecular weight excluding hydrogens is 334 g/mol. The summed E-state index contributed by atoms with van der Waals surface area (Å²) in [6.07, 6.45) is 2.35. The van der Waals surface area contributed by atoms with E-state index >= 15 is 0 Å². The van der Waals surface area contributed by atoms with Crippen molar-refractivity contribution in [3.05, 3.63) is 81.3 Å². The quantitative estimate of drug-likeness (QED) is 0.601. The van der Waals surface area contributed by atoms with Gasteiger partial charge in [-0.25, -0.2) is 0 Å². The minimum absolute atomic E-state index is 0.138. The third-order valence-corrected chi connectivity index (χ3v) is 6.09. The van der Waals surface area contributed by atoms with Crippen LogP contribution in [0, 0.1) is 11.8 Å². The summed E-state index contributed by atoms with van der Waals surface area (Å²) in [5, 5.41) is 2.47. The molecule has 3 nitrogen and oxygen atoms in total. The van der Waals surface area contributed by atoms with E-state index in [1.54, 1.807) is 12.1 Å². The Morgan fingerprint density at radius 1 is 0.926 bits per heavy atom. The molecule has 1 aliphatic rings. The minimum atomic E-state index is -0.749. The third kappa shape index (κ3) is 3.39. The van der Waals surface area contributed by atoms with Gasteiger partial charge in [-0.15, -0.1) is 4.91 Å². The predicted molar refractivity (Wildman–Crippen MR) is 111 cm³/mol. The Balaban J connectivity index is 2.06. The Morgan fingerprint density at radius 3 is 1.93 bits per heavy atom. The highest BCUT2D eigenvalue weighted by molar-refractivity contribution is 5.95. The van der Waals surface area contributed by atoms with Crippen LogP contribution < -0.4 is 0 Å². The molecule has 1 aliphatic carbocycles. The van der Waals surface area contributed by atoms with Crippen molar-refractivity contribution in [1.82, 2.24) is 0 Å². The summed E-state index contributed by atoms with van der Waals surface area (Å²) in [7, 11) is 0. The third-order valence-electron chi connectivity index (χ3n) is 6.09. The second kappa shape index (κ2) is 6.56. The van der Waals surface area contributed by atoms with Gasteiger partial charge in [-0.2, -0.15) is 0 Å². The predicted octanol–water partition coefficient (Wildman–Crippen LogP) is 6.31. The Morgan fingerprint density at radius 2 is 1.41 bits per heavy atom. The topological polar surface area (TPSA) is 46.5 Å². The van der Waals surface area contributed by atoms with Crippen LogP contribution in [0.5, 0.6) is 0 Å². The summed E-state index contributed by atoms with van der Waals surface area (Å²) in [4.78, 5) is 21.8. The van der Waals surface area contributed by atoms with Crippen molar-refractivity contribution in [3.8, 4) is 0 Å². The van der Waals surface area contributed by atoms with E-state index in [0.29, 0.717) is 5.56 Å². The van der Waals surface area contributed by atoms with Crippen LogP contribution in [-0.2, 0) is 10.8 Å². The molecule has 0 aromatic heterocycles. The van der Waals surface area contributed by atoms with Crippen LogP contribution in [-0.4, -0.2) is 5.91 Å². The van der Waals surface area contributed by atoms with Gasteiger partial charge >= 0.3 is 5.91 Å². The Kier molecular flexibility index (Phi) is 4.67. The van der Waals surface area contributed by atoms with Crippen LogP contribution in [0.2, 0.25) is 0 Å². The van der Waals surface area contributed by atoms with Gasteiger partial charge in [0.15, 0.2) is 0 Å². The van der Waals surface area contributed by atoms with E-state index in [1.807, 2.05) is 12.1 Å². The van der Waals surface area contributed by atoms with E-state index in [2.05, 4.69) is 58.5 Å². The number of benzene rings is 2. The SMILES string of the molecule is C=C(c1ccc(C(=O)N=O)cc1)c1cc2c(cc1C)C(C)(C)CCC2(C)C. The molecule has 0 unspecified atom stereocenters. The van der Waals surface area contributed by atoms with Crippen LogP contribution in [0.15, 0.2) is 48.2 Å². The molecule has 140 valence electrons. The zero-order valence-electron chi connectivity index (χ0n) is 16.8. The number of hydrogen-bond donors (Lipinski definition) is 0. The molecule has 0 bridgehead atoms. The van der Waals surface area contributed by atoms with Crippen molar-refractivity contribution in [2.75, 3.05) is 0 Å². The summed E-state index contributed by atoms with van der Waals surface area (Å²) < 4.78 is 0. The molecule has 0 atom stereocenters. The fourth-order valence-electron chi connectivity index (χ4n) is 4.07. The van der Waals surface area contributed by atoms with E-state index in [0.717, 1.165) is 23.1 Å². The van der Waals surface area contributed by atoms with E-state index < -0.39 is 5.91 Å². The number of hydrogen-bond acceptors (Lipinski definition) is 2. The van der Waals surface area contributed by atoms with E-state index in [-0.39, 0.29) is 10.8 Å². The van der Waals surface area contributed by atoms with Gasteiger partial charge in [-0.05, 0) is 76.1 Å². The summed E-state index contributed by atoms with van der Waals surface area (Å²) in [6.45, 7) is 15.7. The molecule has 3 heteroatoms. The Hall–Kier alpha value is -2.55. The Labute approximate surface area is 161 Å². The number of aryl methyl sites for hydroxylation is 1. The molecule has 3 rings (SSSR count). The molecule has 0 saturated carbocycles. The van der Waals surface area contributed by atoms with E-state index in [1.165, 1.54) is 23.1 Å². The lowest BCUT2D eigenvalue weighted by atomic mass is 9.62. The summed E-state index contributed by atoms with van der Waals surface area (Å²) in [6, 6.07) is 11.5. The van der Waals surface area contributed by atoms with Crippen LogP contribution >= 0.6 is 0 Å². The van der Waals surface area contributed by atoms with Crippen molar-refractivity contribution >= 4 is 11.5 Å². The smallest absolute Gasteiger partial charge is 0.263 e. The van der Waals surface area contributed by atoms with Crippen LogP contribution in [0.4, 0.5) is 0 Å². The number of carbonyl (C=O) groups is 1. The second-order valence-corrected chi connectivity index (χ2v) is 8.93.